The van der Waals surface area contributed by atoms with Crippen molar-refractivity contribution in [1.29, 1.82) is 0 Å². The van der Waals surface area contributed by atoms with Gasteiger partial charge >= 0.3 is 0 Å². The van der Waals surface area contributed by atoms with Gasteiger partial charge in [0.15, 0.2) is 0 Å². The number of anilines is 1. The molecule has 20 heavy (non-hydrogen) atoms. The van der Waals surface area contributed by atoms with Crippen LogP contribution in [0.15, 0.2) is 42.5 Å². The van der Waals surface area contributed by atoms with E-state index in [1.807, 2.05) is 36.4 Å². The van der Waals surface area contributed by atoms with E-state index < -0.39 is 0 Å². The SMILES string of the molecule is COc1cc(N)ccc1COc1ccc(CCO)cc1. The number of nitrogens with two attached hydrogens (primary N) is 1. The first-order valence-corrected chi connectivity index (χ1v) is 6.48. The van der Waals surface area contributed by atoms with Gasteiger partial charge in [0, 0.05) is 23.9 Å². The lowest BCUT2D eigenvalue weighted by Gasteiger charge is -2.11. The molecule has 0 bridgehead atoms. The maximum atomic E-state index is 8.87. The van der Waals surface area contributed by atoms with E-state index in [1.165, 1.54) is 0 Å². The number of nitrogen functional groups attached to an aromatic ring is 1. The maximum Gasteiger partial charge on any atom is 0.127 e. The summed E-state index contributed by atoms with van der Waals surface area (Å²) in [5.74, 6) is 1.51. The van der Waals surface area contributed by atoms with Crippen LogP contribution in [0.5, 0.6) is 11.5 Å². The van der Waals surface area contributed by atoms with Crippen LogP contribution in [0.2, 0.25) is 0 Å². The fourth-order valence-corrected chi connectivity index (χ4v) is 1.92. The third kappa shape index (κ3) is 3.65. The second-order valence-electron chi connectivity index (χ2n) is 4.48. The first kappa shape index (κ1) is 14.2. The second-order valence-corrected chi connectivity index (χ2v) is 4.48. The predicted octanol–water partition coefficient (Wildman–Crippen LogP) is 2.39. The minimum absolute atomic E-state index is 0.156. The molecular weight excluding hydrogens is 254 g/mol. The van der Waals surface area contributed by atoms with Crippen molar-refractivity contribution in [3.05, 3.63) is 53.6 Å². The zero-order valence-corrected chi connectivity index (χ0v) is 11.5. The average Bonchev–Trinajstić information content (AvgIpc) is 2.47. The molecule has 0 saturated carbocycles. The Bertz CT molecular complexity index is 552. The molecule has 0 fully saturated rings. The van der Waals surface area contributed by atoms with E-state index in [0.717, 1.165) is 22.6 Å². The highest BCUT2D eigenvalue weighted by molar-refractivity contribution is 5.48. The van der Waals surface area contributed by atoms with Crippen molar-refractivity contribution in [2.75, 3.05) is 19.5 Å². The third-order valence-electron chi connectivity index (χ3n) is 3.03. The van der Waals surface area contributed by atoms with Crippen LogP contribution in [0.1, 0.15) is 11.1 Å². The topological polar surface area (TPSA) is 64.7 Å². The zero-order chi connectivity index (χ0) is 14.4. The van der Waals surface area contributed by atoms with Crippen LogP contribution in [0.25, 0.3) is 0 Å². The van der Waals surface area contributed by atoms with Crippen molar-refractivity contribution in [3.63, 3.8) is 0 Å². The summed E-state index contributed by atoms with van der Waals surface area (Å²) >= 11 is 0. The van der Waals surface area contributed by atoms with Crippen molar-refractivity contribution < 1.29 is 14.6 Å². The summed E-state index contributed by atoms with van der Waals surface area (Å²) in [4.78, 5) is 0. The van der Waals surface area contributed by atoms with Crippen molar-refractivity contribution in [3.8, 4) is 11.5 Å². The van der Waals surface area contributed by atoms with Crippen LogP contribution >= 0.6 is 0 Å². The van der Waals surface area contributed by atoms with E-state index in [1.54, 1.807) is 13.2 Å². The number of aliphatic hydroxyl groups is 1. The van der Waals surface area contributed by atoms with Gasteiger partial charge in [0.05, 0.1) is 7.11 Å². The summed E-state index contributed by atoms with van der Waals surface area (Å²) < 4.78 is 11.0. The van der Waals surface area contributed by atoms with E-state index >= 15 is 0 Å². The van der Waals surface area contributed by atoms with E-state index in [2.05, 4.69) is 0 Å². The maximum absolute atomic E-state index is 8.87. The van der Waals surface area contributed by atoms with Crippen molar-refractivity contribution in [1.82, 2.24) is 0 Å². The molecule has 0 radical (unpaired) electrons. The van der Waals surface area contributed by atoms with Gasteiger partial charge in [-0.15, -0.1) is 0 Å². The number of aliphatic hydroxyl groups excluding tert-OH is 1. The first-order valence-electron chi connectivity index (χ1n) is 6.48. The van der Waals surface area contributed by atoms with Crippen molar-refractivity contribution in [2.24, 2.45) is 0 Å². The lowest BCUT2D eigenvalue weighted by atomic mass is 10.1. The molecule has 0 aliphatic rings. The Morgan fingerprint density at radius 3 is 2.50 bits per heavy atom. The Hall–Kier alpha value is -2.20. The molecule has 0 aromatic heterocycles. The second kappa shape index (κ2) is 6.82. The van der Waals surface area contributed by atoms with E-state index in [4.69, 9.17) is 20.3 Å². The average molecular weight is 273 g/mol. The summed E-state index contributed by atoms with van der Waals surface area (Å²) in [6.07, 6.45) is 0.659. The molecule has 106 valence electrons. The molecule has 0 amide bonds. The molecule has 2 rings (SSSR count). The molecule has 0 heterocycles. The van der Waals surface area contributed by atoms with Gasteiger partial charge in [-0.2, -0.15) is 0 Å². The number of benzene rings is 2. The van der Waals surface area contributed by atoms with Gasteiger partial charge in [0.2, 0.25) is 0 Å². The summed E-state index contributed by atoms with van der Waals surface area (Å²) in [7, 11) is 1.61. The Labute approximate surface area is 118 Å². The van der Waals surface area contributed by atoms with Gasteiger partial charge in [-0.3, -0.25) is 0 Å². The van der Waals surface area contributed by atoms with Gasteiger partial charge < -0.3 is 20.3 Å². The lowest BCUT2D eigenvalue weighted by Crippen LogP contribution is -2.00. The summed E-state index contributed by atoms with van der Waals surface area (Å²) in [5, 5.41) is 8.87. The van der Waals surface area contributed by atoms with Gasteiger partial charge in [-0.25, -0.2) is 0 Å². The largest absolute Gasteiger partial charge is 0.496 e. The Kier molecular flexibility index (Phi) is 4.85. The molecule has 0 saturated heterocycles. The van der Waals surface area contributed by atoms with Crippen LogP contribution in [0, 0.1) is 0 Å². The Balaban J connectivity index is 2.01. The molecular formula is C16H19NO3. The molecule has 0 aliphatic carbocycles. The Morgan fingerprint density at radius 2 is 1.85 bits per heavy atom. The number of hydrogen-bond acceptors (Lipinski definition) is 4. The van der Waals surface area contributed by atoms with Crippen LogP contribution < -0.4 is 15.2 Å². The number of hydrogen-bond donors (Lipinski definition) is 2. The van der Waals surface area contributed by atoms with Crippen LogP contribution in [0.4, 0.5) is 5.69 Å². The highest BCUT2D eigenvalue weighted by atomic mass is 16.5. The fourth-order valence-electron chi connectivity index (χ4n) is 1.92. The monoisotopic (exact) mass is 273 g/mol. The van der Waals surface area contributed by atoms with Gasteiger partial charge in [-0.05, 0) is 36.2 Å². The lowest BCUT2D eigenvalue weighted by molar-refractivity contribution is 0.295. The number of ether oxygens (including phenoxy) is 2. The smallest absolute Gasteiger partial charge is 0.127 e. The molecule has 2 aromatic rings. The van der Waals surface area contributed by atoms with Gasteiger partial charge in [0.1, 0.15) is 18.1 Å². The molecule has 0 aliphatic heterocycles. The third-order valence-corrected chi connectivity index (χ3v) is 3.03. The summed E-state index contributed by atoms with van der Waals surface area (Å²) in [5.41, 5.74) is 8.41. The van der Waals surface area contributed by atoms with Crippen LogP contribution in [-0.4, -0.2) is 18.8 Å². The number of methoxy groups -OCH3 is 1. The highest BCUT2D eigenvalue weighted by Gasteiger charge is 2.04. The Morgan fingerprint density at radius 1 is 1.10 bits per heavy atom. The standard InChI is InChI=1S/C16H19NO3/c1-19-16-10-14(17)5-4-13(16)11-20-15-6-2-12(3-7-15)8-9-18/h2-7,10,18H,8-9,11,17H2,1H3. The molecule has 3 N–H and O–H groups in total. The minimum atomic E-state index is 0.156. The predicted molar refractivity (Wildman–Crippen MR) is 79.0 cm³/mol. The van der Waals surface area contributed by atoms with E-state index in [0.29, 0.717) is 18.7 Å². The molecule has 0 spiro atoms. The van der Waals surface area contributed by atoms with Crippen LogP contribution in [0.3, 0.4) is 0 Å². The molecule has 2 aromatic carbocycles. The normalized spacial score (nSPS) is 10.3. The summed E-state index contributed by atoms with van der Waals surface area (Å²) in [6, 6.07) is 13.2. The van der Waals surface area contributed by atoms with Crippen molar-refractivity contribution >= 4 is 5.69 Å². The zero-order valence-electron chi connectivity index (χ0n) is 11.5. The van der Waals surface area contributed by atoms with Crippen LogP contribution in [-0.2, 0) is 13.0 Å². The van der Waals surface area contributed by atoms with Gasteiger partial charge in [-0.1, -0.05) is 12.1 Å². The quantitative estimate of drug-likeness (QED) is 0.793. The first-order chi connectivity index (χ1) is 9.72. The molecule has 0 unspecified atom stereocenters. The van der Waals surface area contributed by atoms with E-state index in [-0.39, 0.29) is 6.61 Å². The van der Waals surface area contributed by atoms with E-state index in [9.17, 15) is 0 Å². The number of rotatable bonds is 6. The molecule has 0 atom stereocenters. The summed E-state index contributed by atoms with van der Waals surface area (Å²) in [6.45, 7) is 0.575. The highest BCUT2D eigenvalue weighted by Crippen LogP contribution is 2.23. The van der Waals surface area contributed by atoms with Crippen molar-refractivity contribution in [2.45, 2.75) is 13.0 Å². The minimum Gasteiger partial charge on any atom is -0.496 e. The van der Waals surface area contributed by atoms with Gasteiger partial charge in [0.25, 0.3) is 0 Å². The molecule has 4 nitrogen and oxygen atoms in total. The fraction of sp³-hybridized carbons (Fsp3) is 0.250. The molecule has 4 heteroatoms.